The summed E-state index contributed by atoms with van der Waals surface area (Å²) in [6.07, 6.45) is -0.0632. The minimum atomic E-state index is -3.45. The Hall–Kier alpha value is -2.66. The molecule has 1 amide bonds. The van der Waals surface area contributed by atoms with Gasteiger partial charge in [0.15, 0.2) is 9.84 Å². The summed E-state index contributed by atoms with van der Waals surface area (Å²) in [5.74, 6) is -0.476. The molecule has 3 aromatic rings. The van der Waals surface area contributed by atoms with E-state index < -0.39 is 9.84 Å². The Balaban J connectivity index is 1.66. The maximum Gasteiger partial charge on any atom is 0.221 e. The third-order valence-corrected chi connectivity index (χ3v) is 6.10. The van der Waals surface area contributed by atoms with Crippen LogP contribution in [0.4, 0.5) is 0 Å². The molecule has 0 heterocycles. The first kappa shape index (κ1) is 18.1. The number of fused-ring (bicyclic) bond motifs is 1. The molecule has 0 radical (unpaired) electrons. The van der Waals surface area contributed by atoms with Crippen LogP contribution in [-0.4, -0.2) is 20.1 Å². The van der Waals surface area contributed by atoms with E-state index in [0.29, 0.717) is 0 Å². The Morgan fingerprint density at radius 1 is 0.923 bits per heavy atom. The molecule has 0 aliphatic carbocycles. The van der Waals surface area contributed by atoms with Crippen molar-refractivity contribution in [2.24, 2.45) is 0 Å². The second kappa shape index (κ2) is 7.70. The fourth-order valence-electron chi connectivity index (χ4n) is 2.99. The molecule has 26 heavy (non-hydrogen) atoms. The SMILES string of the molecule is CC(NC(=O)CCS(=O)(=O)c1ccccc1)c1cccc2ccccc12. The van der Waals surface area contributed by atoms with Crippen molar-refractivity contribution in [3.05, 3.63) is 78.4 Å². The van der Waals surface area contributed by atoms with Crippen LogP contribution in [0.1, 0.15) is 24.9 Å². The number of rotatable bonds is 6. The molecule has 4 nitrogen and oxygen atoms in total. The molecule has 1 N–H and O–H groups in total. The van der Waals surface area contributed by atoms with Crippen LogP contribution in [0.5, 0.6) is 0 Å². The van der Waals surface area contributed by atoms with Gasteiger partial charge in [-0.05, 0) is 35.4 Å². The summed E-state index contributed by atoms with van der Waals surface area (Å²) in [7, 11) is -3.45. The third-order valence-electron chi connectivity index (χ3n) is 4.37. The van der Waals surface area contributed by atoms with Crippen LogP contribution in [0.3, 0.4) is 0 Å². The van der Waals surface area contributed by atoms with Gasteiger partial charge in [-0.3, -0.25) is 4.79 Å². The standard InChI is InChI=1S/C21H21NO3S/c1-16(19-13-7-9-17-8-5-6-12-20(17)19)22-21(23)14-15-26(24,25)18-10-3-2-4-11-18/h2-13,16H,14-15H2,1H3,(H,22,23). The van der Waals surface area contributed by atoms with E-state index in [1.54, 1.807) is 30.3 Å². The lowest BCUT2D eigenvalue weighted by Gasteiger charge is -2.16. The van der Waals surface area contributed by atoms with E-state index in [1.807, 2.05) is 49.4 Å². The molecule has 0 saturated heterocycles. The zero-order chi connectivity index (χ0) is 18.6. The summed E-state index contributed by atoms with van der Waals surface area (Å²) >= 11 is 0. The van der Waals surface area contributed by atoms with Crippen LogP contribution >= 0.6 is 0 Å². The van der Waals surface area contributed by atoms with Gasteiger partial charge in [0.05, 0.1) is 16.7 Å². The first-order valence-electron chi connectivity index (χ1n) is 8.52. The van der Waals surface area contributed by atoms with Crippen molar-refractivity contribution in [3.63, 3.8) is 0 Å². The molecule has 0 bridgehead atoms. The van der Waals surface area contributed by atoms with Crippen LogP contribution < -0.4 is 5.32 Å². The smallest absolute Gasteiger partial charge is 0.221 e. The summed E-state index contributed by atoms with van der Waals surface area (Å²) in [6, 6.07) is 22.0. The van der Waals surface area contributed by atoms with Crippen LogP contribution in [0.25, 0.3) is 10.8 Å². The number of hydrogen-bond donors (Lipinski definition) is 1. The number of hydrogen-bond acceptors (Lipinski definition) is 3. The van der Waals surface area contributed by atoms with Gasteiger partial charge in [0.2, 0.25) is 5.91 Å². The highest BCUT2D eigenvalue weighted by Gasteiger charge is 2.18. The maximum absolute atomic E-state index is 12.3. The highest BCUT2D eigenvalue weighted by atomic mass is 32.2. The van der Waals surface area contributed by atoms with Crippen molar-refractivity contribution in [3.8, 4) is 0 Å². The summed E-state index contributed by atoms with van der Waals surface area (Å²) < 4.78 is 24.6. The van der Waals surface area contributed by atoms with E-state index in [2.05, 4.69) is 5.32 Å². The molecular weight excluding hydrogens is 346 g/mol. The van der Waals surface area contributed by atoms with Gasteiger partial charge in [0.1, 0.15) is 0 Å². The Morgan fingerprint density at radius 3 is 2.35 bits per heavy atom. The number of carbonyl (C=O) groups is 1. The lowest BCUT2D eigenvalue weighted by molar-refractivity contribution is -0.121. The van der Waals surface area contributed by atoms with Crippen LogP contribution in [-0.2, 0) is 14.6 Å². The average Bonchev–Trinajstić information content (AvgIpc) is 2.66. The highest BCUT2D eigenvalue weighted by Crippen LogP contribution is 2.24. The predicted octanol–water partition coefficient (Wildman–Crippen LogP) is 3.88. The zero-order valence-electron chi connectivity index (χ0n) is 14.6. The van der Waals surface area contributed by atoms with Gasteiger partial charge in [-0.25, -0.2) is 8.42 Å². The number of benzene rings is 3. The average molecular weight is 367 g/mol. The third kappa shape index (κ3) is 4.11. The molecule has 0 aliphatic heterocycles. The summed E-state index contributed by atoms with van der Waals surface area (Å²) in [5.41, 5.74) is 1.02. The maximum atomic E-state index is 12.3. The van der Waals surface area contributed by atoms with E-state index in [-0.39, 0.29) is 29.0 Å². The topological polar surface area (TPSA) is 63.2 Å². The van der Waals surface area contributed by atoms with Crippen molar-refractivity contribution in [2.75, 3.05) is 5.75 Å². The molecule has 5 heteroatoms. The van der Waals surface area contributed by atoms with Crippen molar-refractivity contribution in [1.29, 1.82) is 0 Å². The molecule has 0 aliphatic rings. The summed E-state index contributed by atoms with van der Waals surface area (Å²) in [5, 5.41) is 5.10. The van der Waals surface area contributed by atoms with Crippen molar-refractivity contribution >= 4 is 26.5 Å². The molecule has 3 rings (SSSR count). The first-order valence-corrected chi connectivity index (χ1v) is 10.2. The largest absolute Gasteiger partial charge is 0.350 e. The highest BCUT2D eigenvalue weighted by molar-refractivity contribution is 7.91. The molecule has 134 valence electrons. The summed E-state index contributed by atoms with van der Waals surface area (Å²) in [4.78, 5) is 12.5. The van der Waals surface area contributed by atoms with E-state index in [1.165, 1.54) is 0 Å². The van der Waals surface area contributed by atoms with Gasteiger partial charge in [0, 0.05) is 6.42 Å². The van der Waals surface area contributed by atoms with Gasteiger partial charge in [-0.2, -0.15) is 0 Å². The van der Waals surface area contributed by atoms with Crippen molar-refractivity contribution in [1.82, 2.24) is 5.32 Å². The van der Waals surface area contributed by atoms with Gasteiger partial charge in [-0.15, -0.1) is 0 Å². The van der Waals surface area contributed by atoms with Crippen LogP contribution in [0.2, 0.25) is 0 Å². The number of carbonyl (C=O) groups excluding carboxylic acids is 1. The molecule has 3 aromatic carbocycles. The van der Waals surface area contributed by atoms with Gasteiger partial charge >= 0.3 is 0 Å². The molecule has 0 aromatic heterocycles. The fraction of sp³-hybridized carbons (Fsp3) is 0.190. The Bertz CT molecular complexity index is 1010. The molecule has 0 spiro atoms. The molecule has 1 unspecified atom stereocenters. The van der Waals surface area contributed by atoms with E-state index in [4.69, 9.17) is 0 Å². The van der Waals surface area contributed by atoms with E-state index in [9.17, 15) is 13.2 Å². The van der Waals surface area contributed by atoms with Gasteiger partial charge in [-0.1, -0.05) is 60.7 Å². The lowest BCUT2D eigenvalue weighted by atomic mass is 9.99. The number of nitrogens with one attached hydrogen (secondary N) is 1. The molecule has 0 fully saturated rings. The van der Waals surface area contributed by atoms with E-state index in [0.717, 1.165) is 16.3 Å². The number of amides is 1. The molecule has 1 atom stereocenters. The van der Waals surface area contributed by atoms with E-state index >= 15 is 0 Å². The predicted molar refractivity (Wildman–Crippen MR) is 104 cm³/mol. The Morgan fingerprint density at radius 2 is 1.58 bits per heavy atom. The quantitative estimate of drug-likeness (QED) is 0.719. The van der Waals surface area contributed by atoms with Crippen molar-refractivity contribution < 1.29 is 13.2 Å². The van der Waals surface area contributed by atoms with Gasteiger partial charge in [0.25, 0.3) is 0 Å². The fourth-order valence-corrected chi connectivity index (χ4v) is 4.25. The minimum Gasteiger partial charge on any atom is -0.350 e. The normalized spacial score (nSPS) is 12.7. The lowest BCUT2D eigenvalue weighted by Crippen LogP contribution is -2.28. The van der Waals surface area contributed by atoms with Crippen LogP contribution in [0, 0.1) is 0 Å². The van der Waals surface area contributed by atoms with Crippen LogP contribution in [0.15, 0.2) is 77.7 Å². The number of sulfone groups is 1. The Labute approximate surface area is 153 Å². The first-order chi connectivity index (χ1) is 12.5. The zero-order valence-corrected chi connectivity index (χ0v) is 15.4. The minimum absolute atomic E-state index is 0.0632. The Kier molecular flexibility index (Phi) is 5.38. The molecule has 0 saturated carbocycles. The molecular formula is C21H21NO3S. The summed E-state index contributed by atoms with van der Waals surface area (Å²) in [6.45, 7) is 1.91. The van der Waals surface area contributed by atoms with Gasteiger partial charge < -0.3 is 5.32 Å². The monoisotopic (exact) mass is 367 g/mol. The van der Waals surface area contributed by atoms with Crippen molar-refractivity contribution in [2.45, 2.75) is 24.3 Å². The second-order valence-corrected chi connectivity index (χ2v) is 8.35. The second-order valence-electron chi connectivity index (χ2n) is 6.24.